The number of hydrogen-bond donors (Lipinski definition) is 1. The maximum atomic E-state index is 11.7. The molecule has 6 rings (SSSR count). The molecule has 0 spiro atoms. The fourth-order valence-corrected chi connectivity index (χ4v) is 9.43. The number of aliphatic hydroxyl groups is 1. The third kappa shape index (κ3) is 7.48. The standard InChI is InChI=1S/C29H24NSSi.C13H24O2.Ir/c1-30-24-17-16-19-10-5-6-11-20(19)28(24)27(32(2,3)4)18-25(30)23-14-9-13-22-21-12-7-8-15-26(21)31-29(22)23;1-5-10(6-2)12(14)9-13(15)11(7-3)8-4;/h5-13,15-18H,1H2,2-4H3;9-11,14H,5-8H2,1-4H3;/q-1;;/b;12-9-;. The Hall–Kier alpha value is -3.28. The van der Waals surface area contributed by atoms with Crippen molar-refractivity contribution in [1.29, 1.82) is 0 Å². The third-order valence-electron chi connectivity index (χ3n) is 9.52. The summed E-state index contributed by atoms with van der Waals surface area (Å²) in [4.78, 5) is 11.7. The van der Waals surface area contributed by atoms with Gasteiger partial charge in [0.2, 0.25) is 0 Å². The van der Waals surface area contributed by atoms with Crippen LogP contribution in [-0.4, -0.2) is 19.0 Å². The van der Waals surface area contributed by atoms with E-state index in [1.807, 2.05) is 39.0 Å². The van der Waals surface area contributed by atoms with Crippen molar-refractivity contribution in [3.8, 4) is 11.3 Å². The predicted octanol–water partition coefficient (Wildman–Crippen LogP) is 11.2. The molecular weight excluding hydrogens is 803 g/mol. The molecular formula is C42H48IrNO2SSi-. The van der Waals surface area contributed by atoms with E-state index in [1.54, 1.807) is 0 Å². The molecule has 4 aromatic carbocycles. The second-order valence-electron chi connectivity index (χ2n) is 13.5. The van der Waals surface area contributed by atoms with Gasteiger partial charge in [-0.05, 0) is 70.1 Å². The van der Waals surface area contributed by atoms with Crippen LogP contribution < -0.4 is 9.75 Å². The van der Waals surface area contributed by atoms with Crippen LogP contribution in [-0.2, 0) is 24.9 Å². The largest absolute Gasteiger partial charge is 0.512 e. The van der Waals surface area contributed by atoms with E-state index in [0.29, 0.717) is 0 Å². The maximum Gasteiger partial charge on any atom is 0.162 e. The molecule has 253 valence electrons. The molecule has 0 saturated heterocycles. The van der Waals surface area contributed by atoms with E-state index in [4.69, 9.17) is 0 Å². The van der Waals surface area contributed by atoms with Crippen LogP contribution >= 0.6 is 11.3 Å². The molecule has 2 heterocycles. The van der Waals surface area contributed by atoms with Crippen molar-refractivity contribution < 1.29 is 34.6 Å². The molecule has 2 aromatic heterocycles. The topological polar surface area (TPSA) is 41.2 Å². The Bertz CT molecular complexity index is 2080. The second kappa shape index (κ2) is 16.0. The van der Waals surface area contributed by atoms with Crippen LogP contribution in [0.2, 0.25) is 19.6 Å². The first-order valence-corrected chi connectivity index (χ1v) is 21.3. The quantitative estimate of drug-likeness (QED) is 0.0393. The van der Waals surface area contributed by atoms with Crippen LogP contribution in [0.25, 0.3) is 53.1 Å². The molecule has 6 aromatic rings. The van der Waals surface area contributed by atoms with E-state index >= 15 is 0 Å². The average Bonchev–Trinajstić information content (AvgIpc) is 3.45. The summed E-state index contributed by atoms with van der Waals surface area (Å²) < 4.78 is 4.73. The number of thiophene rings is 1. The van der Waals surface area contributed by atoms with Crippen LogP contribution in [0.3, 0.4) is 0 Å². The first-order valence-electron chi connectivity index (χ1n) is 17.0. The average molecular weight is 851 g/mol. The van der Waals surface area contributed by atoms with E-state index in [1.165, 1.54) is 53.1 Å². The Morgan fingerprint density at radius 3 is 2.15 bits per heavy atom. The summed E-state index contributed by atoms with van der Waals surface area (Å²) in [5.74, 6) is 0.547. The summed E-state index contributed by atoms with van der Waals surface area (Å²) in [6.07, 6.45) is 4.91. The number of allylic oxidation sites excluding steroid dienone is 2. The van der Waals surface area contributed by atoms with Gasteiger partial charge in [0, 0.05) is 49.8 Å². The smallest absolute Gasteiger partial charge is 0.162 e. The Kier molecular flexibility index (Phi) is 12.5. The fraction of sp³-hybridized carbons (Fsp3) is 0.310. The Labute approximate surface area is 305 Å². The van der Waals surface area contributed by atoms with Crippen LogP contribution in [0.15, 0.2) is 90.7 Å². The number of carbonyl (C=O) groups is 1. The van der Waals surface area contributed by atoms with Gasteiger partial charge < -0.3 is 9.67 Å². The number of benzene rings is 4. The monoisotopic (exact) mass is 851 g/mol. The minimum absolute atomic E-state index is 0. The minimum Gasteiger partial charge on any atom is -0.512 e. The van der Waals surface area contributed by atoms with Gasteiger partial charge >= 0.3 is 0 Å². The molecule has 0 atom stereocenters. The Balaban J connectivity index is 0.000000279. The van der Waals surface area contributed by atoms with Crippen molar-refractivity contribution in [2.75, 3.05) is 0 Å². The number of pyridine rings is 1. The van der Waals surface area contributed by atoms with Gasteiger partial charge in [-0.2, -0.15) is 11.3 Å². The number of hydrogen-bond acceptors (Lipinski definition) is 3. The van der Waals surface area contributed by atoms with Gasteiger partial charge in [0.25, 0.3) is 0 Å². The van der Waals surface area contributed by atoms with Crippen molar-refractivity contribution in [2.24, 2.45) is 11.8 Å². The van der Waals surface area contributed by atoms with Gasteiger partial charge in [0.05, 0.1) is 13.8 Å². The third-order valence-corrected chi connectivity index (χ3v) is 12.7. The molecule has 0 amide bonds. The van der Waals surface area contributed by atoms with Gasteiger partial charge in [0.15, 0.2) is 5.78 Å². The number of aliphatic hydroxyl groups excluding tert-OH is 1. The number of aromatic nitrogens is 1. The molecule has 6 heteroatoms. The zero-order valence-corrected chi connectivity index (χ0v) is 33.5. The van der Waals surface area contributed by atoms with E-state index in [0.717, 1.165) is 36.9 Å². The molecule has 0 unspecified atom stereocenters. The summed E-state index contributed by atoms with van der Waals surface area (Å²) in [6, 6.07) is 32.1. The summed E-state index contributed by atoms with van der Waals surface area (Å²) in [5.41, 5.74) is 3.47. The molecule has 0 bridgehead atoms. The van der Waals surface area contributed by atoms with Gasteiger partial charge in [0.1, 0.15) is 11.2 Å². The number of fused-ring (bicyclic) bond motifs is 6. The Morgan fingerprint density at radius 1 is 0.875 bits per heavy atom. The zero-order chi connectivity index (χ0) is 33.9. The predicted molar refractivity (Wildman–Crippen MR) is 206 cm³/mol. The van der Waals surface area contributed by atoms with Crippen LogP contribution in [0.5, 0.6) is 0 Å². The van der Waals surface area contributed by atoms with E-state index in [9.17, 15) is 9.90 Å². The summed E-state index contributed by atoms with van der Waals surface area (Å²) in [7, 11) is 2.88. The van der Waals surface area contributed by atoms with Crippen molar-refractivity contribution in [1.82, 2.24) is 0 Å². The fourth-order valence-electron chi connectivity index (χ4n) is 6.64. The molecule has 1 N–H and O–H groups in total. The normalized spacial score (nSPS) is 12.1. The van der Waals surface area contributed by atoms with Crippen LogP contribution in [0.1, 0.15) is 53.4 Å². The number of carbonyl (C=O) groups excluding carboxylic acids is 1. The summed E-state index contributed by atoms with van der Waals surface area (Å²) in [6.45, 7) is 15.4. The zero-order valence-electron chi connectivity index (χ0n) is 29.3. The molecule has 0 aliphatic carbocycles. The molecule has 48 heavy (non-hydrogen) atoms. The van der Waals surface area contributed by atoms with Crippen molar-refractivity contribution in [3.05, 3.63) is 104 Å². The SMILES string of the molecule is CCC(CC)C(=O)/C=C(\O)C(CC)CC.[CH2-][n+]1c(-c2[c-]ccc3c2sc2ccccc23)cc([Si](C)(C)C)c2c3ccccc3ccc21.[Ir]. The van der Waals surface area contributed by atoms with Gasteiger partial charge in [-0.1, -0.05) is 112 Å². The van der Waals surface area contributed by atoms with E-state index < -0.39 is 8.07 Å². The molecule has 0 aliphatic rings. The van der Waals surface area contributed by atoms with Crippen molar-refractivity contribution in [3.63, 3.8) is 0 Å². The van der Waals surface area contributed by atoms with Gasteiger partial charge in [-0.25, -0.2) is 0 Å². The second-order valence-corrected chi connectivity index (χ2v) is 19.6. The molecule has 1 radical (unpaired) electrons. The maximum absolute atomic E-state index is 11.7. The number of rotatable bonds is 9. The van der Waals surface area contributed by atoms with Gasteiger partial charge in [-0.3, -0.25) is 4.79 Å². The molecule has 0 aliphatic heterocycles. The van der Waals surface area contributed by atoms with Crippen molar-refractivity contribution >= 4 is 72.2 Å². The van der Waals surface area contributed by atoms with Crippen LogP contribution in [0, 0.1) is 24.9 Å². The van der Waals surface area contributed by atoms with Gasteiger partial charge in [-0.15, -0.1) is 18.2 Å². The molecule has 3 nitrogen and oxygen atoms in total. The molecule has 0 fully saturated rings. The summed E-state index contributed by atoms with van der Waals surface area (Å²) in [5, 5.41) is 17.8. The molecule has 0 saturated carbocycles. The first kappa shape index (κ1) is 37.5. The minimum atomic E-state index is -1.65. The van der Waals surface area contributed by atoms with E-state index in [2.05, 4.69) is 116 Å². The number of ketones is 1. The van der Waals surface area contributed by atoms with E-state index in [-0.39, 0.29) is 43.5 Å². The van der Waals surface area contributed by atoms with Crippen molar-refractivity contribution in [2.45, 2.75) is 73.0 Å². The Morgan fingerprint density at radius 2 is 1.50 bits per heavy atom. The summed E-state index contributed by atoms with van der Waals surface area (Å²) >= 11 is 1.85. The van der Waals surface area contributed by atoms with Crippen LogP contribution in [0.4, 0.5) is 0 Å². The number of nitrogens with zero attached hydrogens (tertiary/aromatic N) is 1. The first-order chi connectivity index (χ1) is 22.5.